The number of unbranched alkanes of at least 4 members (excludes halogenated alkanes) is 1. The van der Waals surface area contributed by atoms with E-state index >= 15 is 0 Å². The van der Waals surface area contributed by atoms with Gasteiger partial charge in [0, 0.05) is 12.5 Å². The number of nitrogens with zero attached hydrogens (tertiary/aromatic N) is 2. The SMILES string of the molecule is CCCCOCCOc1nc(C(C)C)nc(N)c1C. The first-order valence-corrected chi connectivity index (χ1v) is 6.90. The highest BCUT2D eigenvalue weighted by Crippen LogP contribution is 2.22. The van der Waals surface area contributed by atoms with Crippen LogP contribution in [0.2, 0.25) is 0 Å². The van der Waals surface area contributed by atoms with Crippen LogP contribution in [0.4, 0.5) is 5.82 Å². The van der Waals surface area contributed by atoms with Crippen LogP contribution in [0.3, 0.4) is 0 Å². The van der Waals surface area contributed by atoms with E-state index in [-0.39, 0.29) is 5.92 Å². The fraction of sp³-hybridized carbons (Fsp3) is 0.714. The molecule has 0 aliphatic carbocycles. The Morgan fingerprint density at radius 2 is 1.89 bits per heavy atom. The van der Waals surface area contributed by atoms with Gasteiger partial charge in [-0.2, -0.15) is 4.98 Å². The van der Waals surface area contributed by atoms with Gasteiger partial charge in [0.05, 0.1) is 12.2 Å². The summed E-state index contributed by atoms with van der Waals surface area (Å²) in [5.74, 6) is 1.99. The highest BCUT2D eigenvalue weighted by Gasteiger charge is 2.12. The number of hydrogen-bond acceptors (Lipinski definition) is 5. The zero-order valence-electron chi connectivity index (χ0n) is 12.4. The molecule has 5 nitrogen and oxygen atoms in total. The van der Waals surface area contributed by atoms with Crippen molar-refractivity contribution in [2.24, 2.45) is 0 Å². The number of ether oxygens (including phenoxy) is 2. The molecule has 1 rings (SSSR count). The minimum absolute atomic E-state index is 0.228. The van der Waals surface area contributed by atoms with Crippen LogP contribution in [0.25, 0.3) is 0 Å². The van der Waals surface area contributed by atoms with Gasteiger partial charge in [0.15, 0.2) is 0 Å². The normalized spacial score (nSPS) is 11.0. The summed E-state index contributed by atoms with van der Waals surface area (Å²) in [6.45, 7) is 9.90. The summed E-state index contributed by atoms with van der Waals surface area (Å²) < 4.78 is 11.1. The molecular formula is C14H25N3O2. The molecule has 1 aromatic rings. The summed E-state index contributed by atoms with van der Waals surface area (Å²) >= 11 is 0. The summed E-state index contributed by atoms with van der Waals surface area (Å²) in [4.78, 5) is 8.65. The number of hydrogen-bond donors (Lipinski definition) is 1. The first kappa shape index (κ1) is 15.7. The average Bonchev–Trinajstić information content (AvgIpc) is 2.37. The fourth-order valence-corrected chi connectivity index (χ4v) is 1.47. The van der Waals surface area contributed by atoms with Crippen LogP contribution in [0.1, 0.15) is 50.9 Å². The Kier molecular flexibility index (Phi) is 6.56. The molecule has 1 heterocycles. The van der Waals surface area contributed by atoms with Crippen molar-refractivity contribution in [1.29, 1.82) is 0 Å². The molecule has 0 bridgehead atoms. The zero-order chi connectivity index (χ0) is 14.3. The highest BCUT2D eigenvalue weighted by molar-refractivity contribution is 5.44. The first-order chi connectivity index (χ1) is 9.06. The lowest BCUT2D eigenvalue weighted by Crippen LogP contribution is -2.12. The third-order valence-electron chi connectivity index (χ3n) is 2.78. The van der Waals surface area contributed by atoms with Crippen molar-refractivity contribution in [3.8, 4) is 5.88 Å². The zero-order valence-corrected chi connectivity index (χ0v) is 12.4. The van der Waals surface area contributed by atoms with Gasteiger partial charge >= 0.3 is 0 Å². The van der Waals surface area contributed by atoms with Gasteiger partial charge in [-0.1, -0.05) is 27.2 Å². The molecule has 0 saturated heterocycles. The third kappa shape index (κ3) is 5.03. The van der Waals surface area contributed by atoms with Crippen LogP contribution in [0.15, 0.2) is 0 Å². The minimum Gasteiger partial charge on any atom is -0.475 e. The average molecular weight is 267 g/mol. The van der Waals surface area contributed by atoms with Crippen LogP contribution in [-0.4, -0.2) is 29.8 Å². The molecule has 0 spiro atoms. The van der Waals surface area contributed by atoms with Gasteiger partial charge in [0.2, 0.25) is 5.88 Å². The van der Waals surface area contributed by atoms with Crippen molar-refractivity contribution >= 4 is 5.82 Å². The van der Waals surface area contributed by atoms with Crippen molar-refractivity contribution in [3.63, 3.8) is 0 Å². The molecule has 0 aliphatic rings. The molecule has 5 heteroatoms. The smallest absolute Gasteiger partial charge is 0.221 e. The quantitative estimate of drug-likeness (QED) is 0.733. The van der Waals surface area contributed by atoms with Gasteiger partial charge < -0.3 is 15.2 Å². The van der Waals surface area contributed by atoms with Gasteiger partial charge in [-0.3, -0.25) is 0 Å². The van der Waals surface area contributed by atoms with Crippen LogP contribution in [0.5, 0.6) is 5.88 Å². The predicted octanol–water partition coefficient (Wildman–Crippen LogP) is 2.69. The Hall–Kier alpha value is -1.36. The van der Waals surface area contributed by atoms with Crippen molar-refractivity contribution in [1.82, 2.24) is 9.97 Å². The van der Waals surface area contributed by atoms with E-state index in [0.29, 0.717) is 30.7 Å². The second kappa shape index (κ2) is 7.94. The van der Waals surface area contributed by atoms with E-state index in [1.165, 1.54) is 0 Å². The van der Waals surface area contributed by atoms with Gasteiger partial charge in [-0.15, -0.1) is 0 Å². The topological polar surface area (TPSA) is 70.3 Å². The second-order valence-electron chi connectivity index (χ2n) is 4.87. The van der Waals surface area contributed by atoms with E-state index in [4.69, 9.17) is 15.2 Å². The fourth-order valence-electron chi connectivity index (χ4n) is 1.47. The minimum atomic E-state index is 0.228. The third-order valence-corrected chi connectivity index (χ3v) is 2.78. The molecule has 19 heavy (non-hydrogen) atoms. The number of nitrogen functional groups attached to an aromatic ring is 1. The molecule has 108 valence electrons. The largest absolute Gasteiger partial charge is 0.475 e. The summed E-state index contributed by atoms with van der Waals surface area (Å²) in [5.41, 5.74) is 6.66. The summed E-state index contributed by atoms with van der Waals surface area (Å²) in [7, 11) is 0. The summed E-state index contributed by atoms with van der Waals surface area (Å²) in [6.07, 6.45) is 2.22. The summed E-state index contributed by atoms with van der Waals surface area (Å²) in [6, 6.07) is 0. The van der Waals surface area contributed by atoms with Gasteiger partial charge in [-0.05, 0) is 13.3 Å². The lowest BCUT2D eigenvalue weighted by Gasteiger charge is -2.12. The number of rotatable bonds is 8. The number of nitrogens with two attached hydrogens (primary N) is 1. The Morgan fingerprint density at radius 1 is 1.16 bits per heavy atom. The molecule has 0 saturated carbocycles. The monoisotopic (exact) mass is 267 g/mol. The first-order valence-electron chi connectivity index (χ1n) is 6.90. The van der Waals surface area contributed by atoms with Crippen LogP contribution < -0.4 is 10.5 Å². The Bertz CT molecular complexity index is 395. The van der Waals surface area contributed by atoms with E-state index in [9.17, 15) is 0 Å². The van der Waals surface area contributed by atoms with E-state index in [1.807, 2.05) is 20.8 Å². The molecule has 0 fully saturated rings. The van der Waals surface area contributed by atoms with Crippen molar-refractivity contribution < 1.29 is 9.47 Å². The van der Waals surface area contributed by atoms with E-state index < -0.39 is 0 Å². The highest BCUT2D eigenvalue weighted by atomic mass is 16.5. The maximum absolute atomic E-state index is 5.87. The van der Waals surface area contributed by atoms with E-state index in [2.05, 4.69) is 16.9 Å². The molecule has 0 unspecified atom stereocenters. The Labute approximate surface area is 115 Å². The molecule has 0 aromatic carbocycles. The maximum atomic E-state index is 5.87. The van der Waals surface area contributed by atoms with Crippen LogP contribution in [0, 0.1) is 6.92 Å². The van der Waals surface area contributed by atoms with Crippen LogP contribution >= 0.6 is 0 Å². The Balaban J connectivity index is 2.52. The van der Waals surface area contributed by atoms with Gasteiger partial charge in [0.25, 0.3) is 0 Å². The van der Waals surface area contributed by atoms with Gasteiger partial charge in [-0.25, -0.2) is 4.98 Å². The van der Waals surface area contributed by atoms with Gasteiger partial charge in [0.1, 0.15) is 18.2 Å². The van der Waals surface area contributed by atoms with Crippen LogP contribution in [-0.2, 0) is 4.74 Å². The second-order valence-corrected chi connectivity index (χ2v) is 4.87. The lowest BCUT2D eigenvalue weighted by atomic mass is 10.2. The number of aromatic nitrogens is 2. The predicted molar refractivity (Wildman–Crippen MR) is 76.5 cm³/mol. The molecule has 0 amide bonds. The lowest BCUT2D eigenvalue weighted by molar-refractivity contribution is 0.0961. The van der Waals surface area contributed by atoms with E-state index in [1.54, 1.807) is 0 Å². The van der Waals surface area contributed by atoms with Crippen molar-refractivity contribution in [2.45, 2.75) is 46.5 Å². The molecule has 0 radical (unpaired) electrons. The molecule has 1 aromatic heterocycles. The number of anilines is 1. The molecule has 0 atom stereocenters. The van der Waals surface area contributed by atoms with Crippen molar-refractivity contribution in [3.05, 3.63) is 11.4 Å². The standard InChI is InChI=1S/C14H25N3O2/c1-5-6-7-18-8-9-19-14-11(4)12(15)16-13(17-14)10(2)3/h10H,5-9H2,1-4H3,(H2,15,16,17). The molecular weight excluding hydrogens is 242 g/mol. The summed E-state index contributed by atoms with van der Waals surface area (Å²) in [5, 5.41) is 0. The van der Waals surface area contributed by atoms with E-state index in [0.717, 1.165) is 25.0 Å². The molecule has 0 aliphatic heterocycles. The Morgan fingerprint density at radius 3 is 2.53 bits per heavy atom. The molecule has 2 N–H and O–H groups in total. The maximum Gasteiger partial charge on any atom is 0.221 e. The van der Waals surface area contributed by atoms with Crippen molar-refractivity contribution in [2.75, 3.05) is 25.6 Å².